The molecule has 1 aromatic heterocycles. The van der Waals surface area contributed by atoms with Crippen molar-refractivity contribution in [2.45, 2.75) is 36.8 Å². The van der Waals surface area contributed by atoms with Crippen LogP contribution in [0.3, 0.4) is 0 Å². The van der Waals surface area contributed by atoms with Gasteiger partial charge in [-0.3, -0.25) is 10.1 Å². The van der Waals surface area contributed by atoms with Crippen LogP contribution in [0.25, 0.3) is 0 Å². The number of thiazole rings is 1. The van der Waals surface area contributed by atoms with Crippen LogP contribution in [0.2, 0.25) is 0 Å². The van der Waals surface area contributed by atoms with Gasteiger partial charge >= 0.3 is 6.03 Å². The van der Waals surface area contributed by atoms with Crippen LogP contribution in [0.1, 0.15) is 41.6 Å². The molecule has 6 nitrogen and oxygen atoms in total. The molecule has 0 saturated heterocycles. The SMILES string of the molecule is CNCCSc1cnc(NC(=O)Nc2ccc(C)cc2C(=O)C2CCCC2)s1. The van der Waals surface area contributed by atoms with E-state index in [-0.39, 0.29) is 17.7 Å². The van der Waals surface area contributed by atoms with Crippen molar-refractivity contribution in [3.63, 3.8) is 0 Å². The third kappa shape index (κ3) is 5.56. The fourth-order valence-corrected chi connectivity index (χ4v) is 5.17. The van der Waals surface area contributed by atoms with Gasteiger partial charge < -0.3 is 10.6 Å². The van der Waals surface area contributed by atoms with E-state index in [0.717, 1.165) is 47.8 Å². The van der Waals surface area contributed by atoms with Crippen LogP contribution in [-0.4, -0.2) is 36.1 Å². The third-order valence-corrected chi connectivity index (χ3v) is 6.83. The number of hydrogen-bond acceptors (Lipinski definition) is 6. The normalized spacial score (nSPS) is 14.2. The first-order valence-electron chi connectivity index (χ1n) is 9.53. The molecular formula is C20H26N4O2S2. The van der Waals surface area contributed by atoms with Gasteiger partial charge in [0, 0.05) is 23.8 Å². The molecular weight excluding hydrogens is 392 g/mol. The number of anilines is 2. The lowest BCUT2D eigenvalue weighted by atomic mass is 9.94. The Kier molecular flexibility index (Phi) is 7.47. The molecule has 1 aliphatic carbocycles. The Hall–Kier alpha value is -1.90. The van der Waals surface area contributed by atoms with Crippen molar-refractivity contribution in [2.24, 2.45) is 5.92 Å². The second-order valence-electron chi connectivity index (χ2n) is 6.91. The number of carbonyl (C=O) groups excluding carboxylic acids is 2. The lowest BCUT2D eigenvalue weighted by Gasteiger charge is -2.14. The van der Waals surface area contributed by atoms with Crippen molar-refractivity contribution in [3.8, 4) is 0 Å². The number of nitrogens with zero attached hydrogens (tertiary/aromatic N) is 1. The molecule has 0 atom stereocenters. The lowest BCUT2D eigenvalue weighted by molar-refractivity contribution is 0.0923. The first kappa shape index (κ1) is 20.8. The van der Waals surface area contributed by atoms with Crippen LogP contribution >= 0.6 is 23.1 Å². The zero-order valence-corrected chi connectivity index (χ0v) is 17.8. The summed E-state index contributed by atoms with van der Waals surface area (Å²) in [6.07, 6.45) is 5.84. The number of Topliss-reactive ketones (excluding diaryl/α,β-unsaturated/α-hetero) is 1. The fourth-order valence-electron chi connectivity index (χ4n) is 3.27. The van der Waals surface area contributed by atoms with E-state index < -0.39 is 0 Å². The molecule has 8 heteroatoms. The van der Waals surface area contributed by atoms with Gasteiger partial charge in [0.25, 0.3) is 0 Å². The van der Waals surface area contributed by atoms with Crippen molar-refractivity contribution in [2.75, 3.05) is 30.0 Å². The van der Waals surface area contributed by atoms with Gasteiger partial charge in [-0.15, -0.1) is 11.8 Å². The van der Waals surface area contributed by atoms with Gasteiger partial charge in [0.2, 0.25) is 0 Å². The highest BCUT2D eigenvalue weighted by molar-refractivity contribution is 8.01. The van der Waals surface area contributed by atoms with Gasteiger partial charge in [0.05, 0.1) is 16.1 Å². The number of hydrogen-bond donors (Lipinski definition) is 3. The Morgan fingerprint density at radius 3 is 2.79 bits per heavy atom. The van der Waals surface area contributed by atoms with Gasteiger partial charge in [-0.25, -0.2) is 9.78 Å². The second-order valence-corrected chi connectivity index (χ2v) is 9.34. The molecule has 0 radical (unpaired) electrons. The largest absolute Gasteiger partial charge is 0.325 e. The molecule has 1 saturated carbocycles. The molecule has 1 aromatic carbocycles. The molecule has 3 N–H and O–H groups in total. The van der Waals surface area contributed by atoms with Crippen molar-refractivity contribution < 1.29 is 9.59 Å². The zero-order chi connectivity index (χ0) is 19.9. The predicted octanol–water partition coefficient (Wildman–Crippen LogP) is 4.78. The molecule has 1 fully saturated rings. The van der Waals surface area contributed by atoms with Gasteiger partial charge in [0.15, 0.2) is 10.9 Å². The Labute approximate surface area is 173 Å². The van der Waals surface area contributed by atoms with E-state index in [1.54, 1.807) is 24.0 Å². The van der Waals surface area contributed by atoms with Crippen molar-refractivity contribution in [1.29, 1.82) is 0 Å². The molecule has 0 aliphatic heterocycles. The monoisotopic (exact) mass is 418 g/mol. The third-order valence-electron chi connectivity index (χ3n) is 4.72. The van der Waals surface area contributed by atoms with E-state index >= 15 is 0 Å². The number of rotatable bonds is 8. The fraction of sp³-hybridized carbons (Fsp3) is 0.450. The maximum atomic E-state index is 12.9. The number of amides is 2. The second kappa shape index (κ2) is 10.0. The van der Waals surface area contributed by atoms with Gasteiger partial charge in [-0.05, 0) is 38.9 Å². The Morgan fingerprint density at radius 1 is 1.25 bits per heavy atom. The van der Waals surface area contributed by atoms with E-state index in [1.807, 2.05) is 26.1 Å². The number of thioether (sulfide) groups is 1. The maximum absolute atomic E-state index is 12.9. The van der Waals surface area contributed by atoms with Crippen LogP contribution in [-0.2, 0) is 0 Å². The molecule has 0 bridgehead atoms. The highest BCUT2D eigenvalue weighted by atomic mass is 32.2. The Bertz CT molecular complexity index is 831. The summed E-state index contributed by atoms with van der Waals surface area (Å²) in [5.74, 6) is 1.15. The van der Waals surface area contributed by atoms with E-state index in [4.69, 9.17) is 0 Å². The summed E-state index contributed by atoms with van der Waals surface area (Å²) in [5, 5.41) is 9.24. The Morgan fingerprint density at radius 2 is 2.04 bits per heavy atom. The molecule has 0 spiro atoms. The lowest BCUT2D eigenvalue weighted by Crippen LogP contribution is -2.22. The van der Waals surface area contributed by atoms with E-state index in [2.05, 4.69) is 20.9 Å². The number of aromatic nitrogens is 1. The van der Waals surface area contributed by atoms with Crippen LogP contribution in [0.4, 0.5) is 15.6 Å². The highest BCUT2D eigenvalue weighted by Gasteiger charge is 2.26. The molecule has 2 aromatic rings. The van der Waals surface area contributed by atoms with Gasteiger partial charge in [-0.1, -0.05) is 35.8 Å². The number of urea groups is 1. The summed E-state index contributed by atoms with van der Waals surface area (Å²) in [5.41, 5.74) is 2.17. The summed E-state index contributed by atoms with van der Waals surface area (Å²) in [4.78, 5) is 29.6. The summed E-state index contributed by atoms with van der Waals surface area (Å²) < 4.78 is 1.05. The molecule has 0 unspecified atom stereocenters. The summed E-state index contributed by atoms with van der Waals surface area (Å²) in [7, 11) is 1.92. The quantitative estimate of drug-likeness (QED) is 0.326. The smallest absolute Gasteiger partial charge is 0.319 e. The molecule has 1 aliphatic rings. The van der Waals surface area contributed by atoms with Gasteiger partial charge in [0.1, 0.15) is 0 Å². The molecule has 28 heavy (non-hydrogen) atoms. The minimum Gasteiger partial charge on any atom is -0.319 e. The maximum Gasteiger partial charge on any atom is 0.325 e. The standard InChI is InChI=1S/C20H26N4O2S2/c1-13-7-8-16(15(11-13)18(25)14-5-3-4-6-14)23-19(26)24-20-22-12-17(28-20)27-10-9-21-2/h7-8,11-12,14,21H,3-6,9-10H2,1-2H3,(H2,22,23,24,26). The summed E-state index contributed by atoms with van der Waals surface area (Å²) in [6, 6.07) is 5.19. The number of nitrogens with one attached hydrogen (secondary N) is 3. The molecule has 1 heterocycles. The highest BCUT2D eigenvalue weighted by Crippen LogP contribution is 2.31. The van der Waals surface area contributed by atoms with E-state index in [0.29, 0.717) is 16.4 Å². The molecule has 150 valence electrons. The number of ketones is 1. The first-order valence-corrected chi connectivity index (χ1v) is 11.3. The van der Waals surface area contributed by atoms with Crippen LogP contribution in [0.15, 0.2) is 28.6 Å². The summed E-state index contributed by atoms with van der Waals surface area (Å²) >= 11 is 3.14. The topological polar surface area (TPSA) is 83.1 Å². The average Bonchev–Trinajstić information content (AvgIpc) is 3.35. The number of benzene rings is 1. The minimum atomic E-state index is -0.384. The summed E-state index contributed by atoms with van der Waals surface area (Å²) in [6.45, 7) is 2.87. The molecule has 2 amide bonds. The zero-order valence-electron chi connectivity index (χ0n) is 16.2. The minimum absolute atomic E-state index is 0.0709. The van der Waals surface area contributed by atoms with Crippen molar-refractivity contribution in [1.82, 2.24) is 10.3 Å². The van der Waals surface area contributed by atoms with E-state index in [1.165, 1.54) is 11.3 Å². The predicted molar refractivity (Wildman–Crippen MR) is 117 cm³/mol. The van der Waals surface area contributed by atoms with Crippen molar-refractivity contribution in [3.05, 3.63) is 35.5 Å². The van der Waals surface area contributed by atoms with E-state index in [9.17, 15) is 9.59 Å². The van der Waals surface area contributed by atoms with Crippen molar-refractivity contribution >= 4 is 45.7 Å². The Balaban J connectivity index is 1.64. The molecule has 3 rings (SSSR count). The van der Waals surface area contributed by atoms with Crippen LogP contribution in [0, 0.1) is 12.8 Å². The van der Waals surface area contributed by atoms with Crippen LogP contribution < -0.4 is 16.0 Å². The number of aryl methyl sites for hydroxylation is 1. The van der Waals surface area contributed by atoms with Gasteiger partial charge in [-0.2, -0.15) is 0 Å². The first-order chi connectivity index (χ1) is 13.6. The number of carbonyl (C=O) groups is 2. The van der Waals surface area contributed by atoms with Crippen LogP contribution in [0.5, 0.6) is 0 Å². The average molecular weight is 419 g/mol.